The number of aryl methyl sites for hydroxylation is 1. The van der Waals surface area contributed by atoms with Crippen molar-refractivity contribution in [3.8, 4) is 17.5 Å². The molecule has 0 aliphatic heterocycles. The SMILES string of the molecule is CC(C)c1cc(NC(=O)Nc2cccc(C#Cc3cncc4c3cnn4C)c2)n(-c2cccc(F)c2)n1. The summed E-state index contributed by atoms with van der Waals surface area (Å²) >= 11 is 0. The van der Waals surface area contributed by atoms with Gasteiger partial charge in [-0.2, -0.15) is 10.2 Å². The molecule has 0 radical (unpaired) electrons. The number of carbonyl (C=O) groups excluding carboxylic acids is 1. The van der Waals surface area contributed by atoms with E-state index in [1.54, 1.807) is 53.6 Å². The number of urea groups is 1. The van der Waals surface area contributed by atoms with Gasteiger partial charge >= 0.3 is 6.03 Å². The first-order valence-corrected chi connectivity index (χ1v) is 11.7. The van der Waals surface area contributed by atoms with Gasteiger partial charge in [-0.3, -0.25) is 15.0 Å². The van der Waals surface area contributed by atoms with Crippen LogP contribution in [0.3, 0.4) is 0 Å². The van der Waals surface area contributed by atoms with Crippen LogP contribution in [0.2, 0.25) is 0 Å². The lowest BCUT2D eigenvalue weighted by Crippen LogP contribution is -2.21. The van der Waals surface area contributed by atoms with Gasteiger partial charge < -0.3 is 5.32 Å². The molecule has 2 amide bonds. The van der Waals surface area contributed by atoms with E-state index in [4.69, 9.17) is 0 Å². The van der Waals surface area contributed by atoms with Crippen LogP contribution < -0.4 is 10.6 Å². The molecule has 0 bridgehead atoms. The molecule has 0 aliphatic rings. The molecule has 3 aromatic heterocycles. The largest absolute Gasteiger partial charge is 0.324 e. The Morgan fingerprint density at radius 1 is 1.00 bits per heavy atom. The van der Waals surface area contributed by atoms with Gasteiger partial charge in [0, 0.05) is 35.9 Å². The van der Waals surface area contributed by atoms with Crippen LogP contribution in [0.4, 0.5) is 20.7 Å². The fraction of sp³-hybridized carbons (Fsp3) is 0.143. The summed E-state index contributed by atoms with van der Waals surface area (Å²) in [4.78, 5) is 17.1. The van der Waals surface area contributed by atoms with E-state index in [0.717, 1.165) is 27.7 Å². The first-order valence-electron chi connectivity index (χ1n) is 11.7. The number of aromatic nitrogens is 5. The van der Waals surface area contributed by atoms with Crippen LogP contribution in [0, 0.1) is 17.7 Å². The zero-order chi connectivity index (χ0) is 25.9. The van der Waals surface area contributed by atoms with Crippen molar-refractivity contribution >= 4 is 28.4 Å². The molecular weight excluding hydrogens is 469 g/mol. The number of nitrogens with one attached hydrogen (secondary N) is 2. The normalized spacial score (nSPS) is 10.8. The molecular formula is C28H24FN7O. The van der Waals surface area contributed by atoms with Crippen LogP contribution in [0.25, 0.3) is 16.6 Å². The Bertz CT molecular complexity index is 1670. The molecule has 0 spiro atoms. The monoisotopic (exact) mass is 493 g/mol. The molecule has 0 aliphatic carbocycles. The van der Waals surface area contributed by atoms with E-state index in [0.29, 0.717) is 17.2 Å². The van der Waals surface area contributed by atoms with E-state index in [2.05, 4.69) is 37.7 Å². The summed E-state index contributed by atoms with van der Waals surface area (Å²) in [6, 6.07) is 14.6. The van der Waals surface area contributed by atoms with Gasteiger partial charge in [0.05, 0.1) is 34.9 Å². The fourth-order valence-corrected chi connectivity index (χ4v) is 3.83. The molecule has 5 aromatic rings. The second-order valence-corrected chi connectivity index (χ2v) is 8.80. The van der Waals surface area contributed by atoms with E-state index < -0.39 is 6.03 Å². The maximum atomic E-state index is 13.8. The highest BCUT2D eigenvalue weighted by Crippen LogP contribution is 2.23. The summed E-state index contributed by atoms with van der Waals surface area (Å²) in [5.41, 5.74) is 4.26. The van der Waals surface area contributed by atoms with Crippen LogP contribution in [-0.2, 0) is 7.05 Å². The Kier molecular flexibility index (Phi) is 6.39. The fourth-order valence-electron chi connectivity index (χ4n) is 3.83. The lowest BCUT2D eigenvalue weighted by molar-refractivity contribution is 0.262. The van der Waals surface area contributed by atoms with Crippen molar-refractivity contribution in [2.75, 3.05) is 10.6 Å². The summed E-state index contributed by atoms with van der Waals surface area (Å²) in [5, 5.41) is 15.4. The minimum atomic E-state index is -0.456. The van der Waals surface area contributed by atoms with E-state index in [1.165, 1.54) is 16.8 Å². The lowest BCUT2D eigenvalue weighted by atomic mass is 10.1. The number of halogens is 1. The van der Waals surface area contributed by atoms with Crippen molar-refractivity contribution in [2.45, 2.75) is 19.8 Å². The first kappa shape index (κ1) is 23.8. The third-order valence-corrected chi connectivity index (χ3v) is 5.75. The van der Waals surface area contributed by atoms with E-state index in [-0.39, 0.29) is 11.7 Å². The van der Waals surface area contributed by atoms with Crippen molar-refractivity contribution in [1.82, 2.24) is 24.5 Å². The van der Waals surface area contributed by atoms with Gasteiger partial charge in [0.15, 0.2) is 0 Å². The number of fused-ring (bicyclic) bond motifs is 1. The van der Waals surface area contributed by atoms with Gasteiger partial charge in [-0.15, -0.1) is 0 Å². The molecule has 0 fully saturated rings. The van der Waals surface area contributed by atoms with Gasteiger partial charge in [0.1, 0.15) is 11.6 Å². The zero-order valence-electron chi connectivity index (χ0n) is 20.5. The van der Waals surface area contributed by atoms with E-state index in [9.17, 15) is 9.18 Å². The van der Waals surface area contributed by atoms with Crippen molar-refractivity contribution in [3.63, 3.8) is 0 Å². The minimum Gasteiger partial charge on any atom is -0.308 e. The number of hydrogen-bond acceptors (Lipinski definition) is 4. The molecule has 2 N–H and O–H groups in total. The van der Waals surface area contributed by atoms with Crippen molar-refractivity contribution < 1.29 is 9.18 Å². The van der Waals surface area contributed by atoms with Crippen LogP contribution in [0.5, 0.6) is 0 Å². The quantitative estimate of drug-likeness (QED) is 0.325. The topological polar surface area (TPSA) is 89.7 Å². The number of rotatable bonds is 4. The summed E-state index contributed by atoms with van der Waals surface area (Å²) < 4.78 is 17.1. The first-order chi connectivity index (χ1) is 17.9. The number of amides is 2. The van der Waals surface area contributed by atoms with E-state index >= 15 is 0 Å². The molecule has 0 saturated heterocycles. The summed E-state index contributed by atoms with van der Waals surface area (Å²) in [6.07, 6.45) is 5.23. The summed E-state index contributed by atoms with van der Waals surface area (Å²) in [6.45, 7) is 4.00. The Hall–Kier alpha value is -4.97. The molecule has 2 aromatic carbocycles. The molecule has 9 heteroatoms. The Balaban J connectivity index is 1.35. The molecule has 0 saturated carbocycles. The lowest BCUT2D eigenvalue weighted by Gasteiger charge is -2.10. The van der Waals surface area contributed by atoms with Crippen LogP contribution in [0.15, 0.2) is 73.2 Å². The van der Waals surface area contributed by atoms with Crippen molar-refractivity contribution in [1.29, 1.82) is 0 Å². The molecule has 0 atom stereocenters. The van der Waals surface area contributed by atoms with Crippen LogP contribution >= 0.6 is 0 Å². The zero-order valence-corrected chi connectivity index (χ0v) is 20.5. The number of benzene rings is 2. The van der Waals surface area contributed by atoms with E-state index in [1.807, 2.05) is 33.0 Å². The van der Waals surface area contributed by atoms with Crippen LogP contribution in [-0.4, -0.2) is 30.6 Å². The molecule has 0 unspecified atom stereocenters. The second kappa shape index (κ2) is 9.95. The second-order valence-electron chi connectivity index (χ2n) is 8.80. The van der Waals surface area contributed by atoms with Crippen molar-refractivity contribution in [3.05, 3.63) is 95.8 Å². The van der Waals surface area contributed by atoms with Gasteiger partial charge in [-0.05, 0) is 42.3 Å². The number of pyridine rings is 1. The van der Waals surface area contributed by atoms with Gasteiger partial charge in [0.25, 0.3) is 0 Å². The summed E-state index contributed by atoms with van der Waals surface area (Å²) in [7, 11) is 1.86. The van der Waals surface area contributed by atoms with Crippen molar-refractivity contribution in [2.24, 2.45) is 7.05 Å². The predicted octanol–water partition coefficient (Wildman–Crippen LogP) is 5.46. The van der Waals surface area contributed by atoms with Crippen LogP contribution in [0.1, 0.15) is 36.6 Å². The molecule has 37 heavy (non-hydrogen) atoms. The Labute approximate surface area is 213 Å². The molecule has 8 nitrogen and oxygen atoms in total. The number of hydrogen-bond donors (Lipinski definition) is 2. The standard InChI is InChI=1S/C28H24FN7O/c1-18(2)25-14-27(36(34-25)23-9-5-7-21(29)13-23)33-28(37)32-22-8-4-6-19(12-22)10-11-20-15-30-17-26-24(20)16-31-35(26)3/h4-9,12-18H,1-3H3,(H2,32,33,37). The average molecular weight is 494 g/mol. The average Bonchev–Trinajstić information content (AvgIpc) is 3.47. The van der Waals surface area contributed by atoms with Gasteiger partial charge in [-0.25, -0.2) is 13.9 Å². The minimum absolute atomic E-state index is 0.126. The Morgan fingerprint density at radius 3 is 2.65 bits per heavy atom. The molecule has 5 rings (SSSR count). The number of carbonyl (C=O) groups is 1. The van der Waals surface area contributed by atoms with Gasteiger partial charge in [0.2, 0.25) is 0 Å². The third-order valence-electron chi connectivity index (χ3n) is 5.75. The highest BCUT2D eigenvalue weighted by Gasteiger charge is 2.15. The Morgan fingerprint density at radius 2 is 1.84 bits per heavy atom. The summed E-state index contributed by atoms with van der Waals surface area (Å²) in [5.74, 6) is 6.44. The smallest absolute Gasteiger partial charge is 0.308 e. The number of nitrogens with zero attached hydrogens (tertiary/aromatic N) is 5. The third kappa shape index (κ3) is 5.18. The molecule has 3 heterocycles. The maximum Gasteiger partial charge on any atom is 0.324 e. The maximum absolute atomic E-state index is 13.8. The molecule has 184 valence electrons. The highest BCUT2D eigenvalue weighted by molar-refractivity contribution is 5.99. The highest BCUT2D eigenvalue weighted by atomic mass is 19.1. The predicted molar refractivity (Wildman–Crippen MR) is 141 cm³/mol. The van der Waals surface area contributed by atoms with Gasteiger partial charge in [-0.1, -0.05) is 37.8 Å². The number of anilines is 2.